The van der Waals surface area contributed by atoms with Crippen molar-refractivity contribution in [2.75, 3.05) is 20.8 Å². The highest BCUT2D eigenvalue weighted by Crippen LogP contribution is 2.29. The molecule has 24 heavy (non-hydrogen) atoms. The van der Waals surface area contributed by atoms with Crippen LogP contribution >= 0.6 is 0 Å². The Morgan fingerprint density at radius 2 is 1.83 bits per heavy atom. The molecule has 126 valence electrons. The van der Waals surface area contributed by atoms with Gasteiger partial charge in [0.15, 0.2) is 0 Å². The van der Waals surface area contributed by atoms with Gasteiger partial charge in [-0.05, 0) is 30.7 Å². The molecule has 0 fully saturated rings. The molecule has 2 rings (SSSR count). The van der Waals surface area contributed by atoms with Gasteiger partial charge < -0.3 is 19.9 Å². The van der Waals surface area contributed by atoms with Gasteiger partial charge in [-0.2, -0.15) is 5.26 Å². The van der Waals surface area contributed by atoms with Crippen LogP contribution in [0.25, 0.3) is 0 Å². The SMILES string of the molecule is COc1ccc(C(C)NCC(O)c2ccc(C#N)cc2)c(OC)c1. The quantitative estimate of drug-likeness (QED) is 0.818. The lowest BCUT2D eigenvalue weighted by molar-refractivity contribution is 0.170. The van der Waals surface area contributed by atoms with Crippen LogP contribution in [0.15, 0.2) is 42.5 Å². The fourth-order valence-corrected chi connectivity index (χ4v) is 2.47. The molecule has 0 aliphatic carbocycles. The molecule has 2 atom stereocenters. The van der Waals surface area contributed by atoms with Gasteiger partial charge in [-0.25, -0.2) is 0 Å². The van der Waals surface area contributed by atoms with E-state index in [1.54, 1.807) is 38.5 Å². The van der Waals surface area contributed by atoms with Crippen molar-refractivity contribution < 1.29 is 14.6 Å². The highest BCUT2D eigenvalue weighted by molar-refractivity contribution is 5.42. The van der Waals surface area contributed by atoms with E-state index in [2.05, 4.69) is 11.4 Å². The van der Waals surface area contributed by atoms with Crippen LogP contribution in [-0.4, -0.2) is 25.9 Å². The van der Waals surface area contributed by atoms with Crippen LogP contribution in [0.4, 0.5) is 0 Å². The van der Waals surface area contributed by atoms with E-state index in [1.165, 1.54) is 0 Å². The van der Waals surface area contributed by atoms with E-state index in [-0.39, 0.29) is 6.04 Å². The lowest BCUT2D eigenvalue weighted by Gasteiger charge is -2.20. The molecular weight excluding hydrogens is 304 g/mol. The Morgan fingerprint density at radius 1 is 1.12 bits per heavy atom. The third-order valence-electron chi connectivity index (χ3n) is 3.95. The third kappa shape index (κ3) is 4.25. The summed E-state index contributed by atoms with van der Waals surface area (Å²) in [6.07, 6.45) is -0.649. The zero-order valence-corrected chi connectivity index (χ0v) is 14.1. The van der Waals surface area contributed by atoms with Gasteiger partial charge in [-0.15, -0.1) is 0 Å². The van der Waals surface area contributed by atoms with Crippen LogP contribution in [-0.2, 0) is 0 Å². The Kier molecular flexibility index (Phi) is 6.19. The zero-order valence-electron chi connectivity index (χ0n) is 14.1. The maximum Gasteiger partial charge on any atom is 0.127 e. The predicted octanol–water partition coefficient (Wildman–Crippen LogP) is 2.96. The Hall–Kier alpha value is -2.55. The molecule has 0 aliphatic heterocycles. The first-order valence-electron chi connectivity index (χ1n) is 7.72. The van der Waals surface area contributed by atoms with E-state index in [0.29, 0.717) is 12.1 Å². The van der Waals surface area contributed by atoms with E-state index in [1.807, 2.05) is 25.1 Å². The second-order valence-electron chi connectivity index (χ2n) is 5.49. The van der Waals surface area contributed by atoms with Crippen molar-refractivity contribution in [2.24, 2.45) is 0 Å². The van der Waals surface area contributed by atoms with Crippen LogP contribution in [0, 0.1) is 11.3 Å². The maximum absolute atomic E-state index is 10.3. The number of rotatable bonds is 7. The lowest BCUT2D eigenvalue weighted by Crippen LogP contribution is -2.25. The molecule has 0 bridgehead atoms. The van der Waals surface area contributed by atoms with Crippen molar-refractivity contribution in [1.82, 2.24) is 5.32 Å². The predicted molar refractivity (Wildman–Crippen MR) is 92.1 cm³/mol. The summed E-state index contributed by atoms with van der Waals surface area (Å²) < 4.78 is 10.6. The van der Waals surface area contributed by atoms with Gasteiger partial charge in [0.25, 0.3) is 0 Å². The number of ether oxygens (including phenoxy) is 2. The number of nitrogens with one attached hydrogen (secondary N) is 1. The van der Waals surface area contributed by atoms with Crippen molar-refractivity contribution in [3.05, 3.63) is 59.2 Å². The molecule has 0 heterocycles. The van der Waals surface area contributed by atoms with Crippen molar-refractivity contribution in [1.29, 1.82) is 5.26 Å². The van der Waals surface area contributed by atoms with Gasteiger partial charge in [0.1, 0.15) is 11.5 Å². The minimum absolute atomic E-state index is 0.00103. The van der Waals surface area contributed by atoms with Gasteiger partial charge in [-0.1, -0.05) is 18.2 Å². The fraction of sp³-hybridized carbons (Fsp3) is 0.316. The van der Waals surface area contributed by atoms with E-state index >= 15 is 0 Å². The summed E-state index contributed by atoms with van der Waals surface area (Å²) in [6.45, 7) is 2.40. The third-order valence-corrected chi connectivity index (χ3v) is 3.95. The number of nitrogens with zero attached hydrogens (tertiary/aromatic N) is 1. The van der Waals surface area contributed by atoms with Crippen LogP contribution in [0.1, 0.15) is 35.8 Å². The van der Waals surface area contributed by atoms with Crippen molar-refractivity contribution >= 4 is 0 Å². The number of aliphatic hydroxyl groups excluding tert-OH is 1. The number of hydrogen-bond acceptors (Lipinski definition) is 5. The fourth-order valence-electron chi connectivity index (χ4n) is 2.47. The number of benzene rings is 2. The van der Waals surface area contributed by atoms with E-state index in [0.717, 1.165) is 22.6 Å². The molecule has 2 N–H and O–H groups in total. The second kappa shape index (κ2) is 8.34. The van der Waals surface area contributed by atoms with Gasteiger partial charge in [0.2, 0.25) is 0 Å². The lowest BCUT2D eigenvalue weighted by atomic mass is 10.0. The smallest absolute Gasteiger partial charge is 0.127 e. The molecule has 2 unspecified atom stereocenters. The molecule has 2 aromatic rings. The molecule has 2 aromatic carbocycles. The van der Waals surface area contributed by atoms with E-state index < -0.39 is 6.10 Å². The van der Waals surface area contributed by atoms with Crippen molar-refractivity contribution in [3.8, 4) is 17.6 Å². The minimum atomic E-state index is -0.649. The monoisotopic (exact) mass is 326 g/mol. The molecule has 5 heteroatoms. The highest BCUT2D eigenvalue weighted by atomic mass is 16.5. The zero-order chi connectivity index (χ0) is 17.5. The minimum Gasteiger partial charge on any atom is -0.497 e. The second-order valence-corrected chi connectivity index (χ2v) is 5.49. The van der Waals surface area contributed by atoms with Crippen LogP contribution in [0.3, 0.4) is 0 Å². The summed E-state index contributed by atoms with van der Waals surface area (Å²) in [4.78, 5) is 0. The Balaban J connectivity index is 2.01. The Morgan fingerprint density at radius 3 is 2.42 bits per heavy atom. The van der Waals surface area contributed by atoms with Crippen LogP contribution in [0.5, 0.6) is 11.5 Å². The first-order chi connectivity index (χ1) is 11.6. The van der Waals surface area contributed by atoms with Gasteiger partial charge >= 0.3 is 0 Å². The number of aliphatic hydroxyl groups is 1. The molecule has 0 radical (unpaired) electrons. The molecule has 0 aliphatic rings. The van der Waals surface area contributed by atoms with Gasteiger partial charge in [0.05, 0.1) is 32.0 Å². The Bertz CT molecular complexity index is 708. The van der Waals surface area contributed by atoms with Crippen molar-refractivity contribution in [2.45, 2.75) is 19.1 Å². The molecule has 0 saturated heterocycles. The maximum atomic E-state index is 10.3. The summed E-state index contributed by atoms with van der Waals surface area (Å²) in [5, 5.41) is 22.4. The van der Waals surface area contributed by atoms with Crippen LogP contribution in [0.2, 0.25) is 0 Å². The first-order valence-corrected chi connectivity index (χ1v) is 7.72. The van der Waals surface area contributed by atoms with Crippen molar-refractivity contribution in [3.63, 3.8) is 0 Å². The average Bonchev–Trinajstić information content (AvgIpc) is 2.65. The summed E-state index contributed by atoms with van der Waals surface area (Å²) in [5.74, 6) is 1.47. The average molecular weight is 326 g/mol. The molecule has 0 spiro atoms. The van der Waals surface area contributed by atoms with E-state index in [9.17, 15) is 5.11 Å². The largest absolute Gasteiger partial charge is 0.497 e. The van der Waals surface area contributed by atoms with E-state index in [4.69, 9.17) is 14.7 Å². The topological polar surface area (TPSA) is 74.5 Å². The number of hydrogen-bond donors (Lipinski definition) is 2. The highest BCUT2D eigenvalue weighted by Gasteiger charge is 2.14. The Labute approximate surface area is 142 Å². The molecule has 0 saturated carbocycles. The molecule has 0 amide bonds. The molecule has 5 nitrogen and oxygen atoms in total. The number of nitriles is 1. The summed E-state index contributed by atoms with van der Waals surface area (Å²) in [5.41, 5.74) is 2.34. The summed E-state index contributed by atoms with van der Waals surface area (Å²) in [6, 6.07) is 14.7. The molecular formula is C19H22N2O3. The standard InChI is InChI=1S/C19H22N2O3/c1-13(17-9-8-16(23-2)10-19(17)24-3)21-12-18(22)15-6-4-14(11-20)5-7-15/h4-10,13,18,21-22H,12H2,1-3H3. The summed E-state index contributed by atoms with van der Waals surface area (Å²) >= 11 is 0. The van der Waals surface area contributed by atoms with Gasteiger partial charge in [0, 0.05) is 24.2 Å². The first kappa shape index (κ1) is 17.8. The molecule has 0 aromatic heterocycles. The van der Waals surface area contributed by atoms with Crippen LogP contribution < -0.4 is 14.8 Å². The number of methoxy groups -OCH3 is 2. The summed E-state index contributed by atoms with van der Waals surface area (Å²) in [7, 11) is 3.24. The normalized spacial score (nSPS) is 13.0. The van der Waals surface area contributed by atoms with Gasteiger partial charge in [-0.3, -0.25) is 0 Å².